The number of carbonyl (C=O) groups is 2. The first-order valence-corrected chi connectivity index (χ1v) is 14.9. The van der Waals surface area contributed by atoms with E-state index in [9.17, 15) is 19.2 Å². The van der Waals surface area contributed by atoms with Gasteiger partial charge in [0.25, 0.3) is 11.5 Å². The van der Waals surface area contributed by atoms with Gasteiger partial charge in [-0.3, -0.25) is 18.7 Å². The highest BCUT2D eigenvalue weighted by Crippen LogP contribution is 2.37. The molecule has 0 bridgehead atoms. The molecule has 12 nitrogen and oxygen atoms in total. The van der Waals surface area contributed by atoms with Gasteiger partial charge in [-0.05, 0) is 73.2 Å². The predicted octanol–water partition coefficient (Wildman–Crippen LogP) is 3.95. The minimum atomic E-state index is -0.449. The molecule has 2 aliphatic carbocycles. The monoisotopic (exact) mass is 605 g/mol. The summed E-state index contributed by atoms with van der Waals surface area (Å²) in [5.41, 5.74) is 3.76. The van der Waals surface area contributed by atoms with Gasteiger partial charge >= 0.3 is 11.7 Å². The van der Waals surface area contributed by atoms with Crippen LogP contribution in [-0.2, 0) is 17.8 Å². The summed E-state index contributed by atoms with van der Waals surface area (Å²) in [5, 5.41) is 6.19. The minimum Gasteiger partial charge on any atom is -0.465 e. The van der Waals surface area contributed by atoms with E-state index in [2.05, 4.69) is 30.3 Å². The number of methoxy groups -OCH3 is 1. The Balaban J connectivity index is 0.969. The van der Waals surface area contributed by atoms with E-state index in [0.29, 0.717) is 47.0 Å². The van der Waals surface area contributed by atoms with E-state index in [1.54, 1.807) is 35.0 Å². The molecule has 3 aromatic heterocycles. The van der Waals surface area contributed by atoms with Gasteiger partial charge in [-0.15, -0.1) is 0 Å². The van der Waals surface area contributed by atoms with Gasteiger partial charge in [-0.2, -0.15) is 0 Å². The number of fused-ring (bicyclic) bond motifs is 1. The molecule has 3 heterocycles. The summed E-state index contributed by atoms with van der Waals surface area (Å²) in [6.45, 7) is 0.909. The number of aromatic nitrogens is 5. The van der Waals surface area contributed by atoms with Gasteiger partial charge in [0, 0.05) is 42.5 Å². The Hall–Kier alpha value is -5.52. The third-order valence-electron chi connectivity index (χ3n) is 8.14. The van der Waals surface area contributed by atoms with Crippen molar-refractivity contribution in [1.29, 1.82) is 0 Å². The van der Waals surface area contributed by atoms with Crippen LogP contribution in [0, 0.1) is 0 Å². The van der Waals surface area contributed by atoms with E-state index in [0.717, 1.165) is 42.4 Å². The Bertz CT molecular complexity index is 2020. The summed E-state index contributed by atoms with van der Waals surface area (Å²) in [6.07, 6.45) is 5.22. The van der Waals surface area contributed by atoms with Crippen molar-refractivity contribution in [2.45, 2.75) is 50.9 Å². The maximum atomic E-state index is 13.2. The van der Waals surface area contributed by atoms with Crippen molar-refractivity contribution < 1.29 is 14.3 Å². The smallest absolute Gasteiger partial charge is 0.337 e. The fraction of sp³-hybridized carbons (Fsp3) is 0.273. The molecule has 0 spiro atoms. The first-order valence-electron chi connectivity index (χ1n) is 14.9. The third kappa shape index (κ3) is 5.74. The van der Waals surface area contributed by atoms with Crippen molar-refractivity contribution >= 4 is 28.9 Å². The number of rotatable bonds is 10. The van der Waals surface area contributed by atoms with Crippen LogP contribution in [0.15, 0.2) is 76.4 Å². The third-order valence-corrected chi connectivity index (χ3v) is 8.14. The largest absolute Gasteiger partial charge is 0.465 e. The van der Waals surface area contributed by atoms with Crippen molar-refractivity contribution in [3.8, 4) is 11.4 Å². The van der Waals surface area contributed by atoms with Crippen LogP contribution in [0.5, 0.6) is 0 Å². The molecule has 2 aliphatic rings. The molecule has 3 N–H and O–H groups in total. The lowest BCUT2D eigenvalue weighted by Gasteiger charge is -2.09. The van der Waals surface area contributed by atoms with Crippen LogP contribution in [0.4, 0.5) is 5.82 Å². The number of benzene rings is 2. The fourth-order valence-electron chi connectivity index (χ4n) is 5.32. The molecule has 45 heavy (non-hydrogen) atoms. The predicted molar refractivity (Wildman–Crippen MR) is 167 cm³/mol. The van der Waals surface area contributed by atoms with Crippen LogP contribution < -0.4 is 21.9 Å². The highest BCUT2D eigenvalue weighted by molar-refractivity contribution is 5.96. The maximum absolute atomic E-state index is 13.2. The Morgan fingerprint density at radius 2 is 1.51 bits per heavy atom. The van der Waals surface area contributed by atoms with E-state index < -0.39 is 5.97 Å². The standard InChI is InChI=1S/C33H31N7O5/c1-45-32(43)22-8-6-21(7-9-22)30(41)36-17-20-4-2-19(3-5-20)16-34-26-15-10-23(18-35-26)28-37-27-29(38-28)39(24-11-12-24)33(44)40(31(27)42)25-13-14-25/h2-10,15,18,24-25H,11-14,16-17H2,1H3,(H,34,35)(H,36,41)(H,37,38). The molecule has 2 aromatic carbocycles. The average molecular weight is 606 g/mol. The first kappa shape index (κ1) is 28.3. The number of nitrogens with one attached hydrogen (secondary N) is 3. The number of anilines is 1. The summed E-state index contributed by atoms with van der Waals surface area (Å²) in [4.78, 5) is 62.7. The molecule has 2 saturated carbocycles. The molecule has 0 saturated heterocycles. The molecular formula is C33H31N7O5. The number of aromatic amines is 1. The lowest BCUT2D eigenvalue weighted by atomic mass is 10.1. The molecule has 0 atom stereocenters. The van der Waals surface area contributed by atoms with Gasteiger partial charge in [-0.25, -0.2) is 19.6 Å². The van der Waals surface area contributed by atoms with Gasteiger partial charge in [0.15, 0.2) is 5.65 Å². The van der Waals surface area contributed by atoms with Crippen molar-refractivity contribution in [3.05, 3.63) is 110 Å². The van der Waals surface area contributed by atoms with Crippen molar-refractivity contribution in [2.24, 2.45) is 0 Å². The Labute approximate surface area is 257 Å². The van der Waals surface area contributed by atoms with Crippen molar-refractivity contribution in [1.82, 2.24) is 29.4 Å². The van der Waals surface area contributed by atoms with Crippen LogP contribution in [-0.4, -0.2) is 43.1 Å². The Morgan fingerprint density at radius 3 is 2.13 bits per heavy atom. The quantitative estimate of drug-likeness (QED) is 0.202. The van der Waals surface area contributed by atoms with Crippen LogP contribution in [0.3, 0.4) is 0 Å². The number of amides is 1. The van der Waals surface area contributed by atoms with E-state index in [1.807, 2.05) is 36.4 Å². The highest BCUT2D eigenvalue weighted by atomic mass is 16.5. The topological polar surface area (TPSA) is 153 Å². The summed E-state index contributed by atoms with van der Waals surface area (Å²) in [6, 6.07) is 18.0. The average Bonchev–Trinajstić information content (AvgIpc) is 4.02. The zero-order chi connectivity index (χ0) is 31.1. The number of esters is 1. The molecule has 228 valence electrons. The molecule has 2 fully saturated rings. The number of pyridine rings is 1. The van der Waals surface area contributed by atoms with Gasteiger partial charge in [-0.1, -0.05) is 24.3 Å². The second kappa shape index (κ2) is 11.5. The fourth-order valence-corrected chi connectivity index (χ4v) is 5.32. The van der Waals surface area contributed by atoms with Crippen LogP contribution in [0.25, 0.3) is 22.6 Å². The number of carbonyl (C=O) groups excluding carboxylic acids is 2. The zero-order valence-corrected chi connectivity index (χ0v) is 24.6. The number of hydrogen-bond acceptors (Lipinski definition) is 8. The van der Waals surface area contributed by atoms with Crippen molar-refractivity contribution in [3.63, 3.8) is 0 Å². The van der Waals surface area contributed by atoms with Crippen LogP contribution in [0.1, 0.15) is 69.6 Å². The molecule has 0 unspecified atom stereocenters. The zero-order valence-electron chi connectivity index (χ0n) is 24.6. The summed E-state index contributed by atoms with van der Waals surface area (Å²) < 4.78 is 7.76. The number of H-pyrrole nitrogens is 1. The molecule has 0 radical (unpaired) electrons. The summed E-state index contributed by atoms with van der Waals surface area (Å²) in [5.74, 6) is 0.497. The van der Waals surface area contributed by atoms with E-state index in [1.165, 1.54) is 11.7 Å². The number of nitrogens with zero attached hydrogens (tertiary/aromatic N) is 4. The van der Waals surface area contributed by atoms with Gasteiger partial charge < -0.3 is 20.4 Å². The van der Waals surface area contributed by atoms with E-state index in [-0.39, 0.29) is 29.2 Å². The first-order chi connectivity index (χ1) is 21.9. The Kier molecular flexibility index (Phi) is 7.24. The molecule has 5 aromatic rings. The lowest BCUT2D eigenvalue weighted by Crippen LogP contribution is -2.39. The molecular weight excluding hydrogens is 574 g/mol. The lowest BCUT2D eigenvalue weighted by molar-refractivity contribution is 0.0600. The normalized spacial score (nSPS) is 14.3. The number of hydrogen-bond donors (Lipinski definition) is 3. The van der Waals surface area contributed by atoms with Gasteiger partial charge in [0.1, 0.15) is 17.2 Å². The molecule has 0 aliphatic heterocycles. The van der Waals surface area contributed by atoms with Crippen LogP contribution in [0.2, 0.25) is 0 Å². The van der Waals surface area contributed by atoms with E-state index in [4.69, 9.17) is 0 Å². The molecule has 7 rings (SSSR count). The molecule has 1 amide bonds. The summed E-state index contributed by atoms with van der Waals surface area (Å²) in [7, 11) is 1.31. The number of imidazole rings is 1. The Morgan fingerprint density at radius 1 is 0.867 bits per heavy atom. The molecule has 12 heteroatoms. The van der Waals surface area contributed by atoms with Crippen LogP contribution >= 0.6 is 0 Å². The SMILES string of the molecule is COC(=O)c1ccc(C(=O)NCc2ccc(CNc3ccc(-c4nc5c([nH]4)c(=O)n(C4CC4)c(=O)n5C4CC4)cn3)cc2)cc1. The second-order valence-electron chi connectivity index (χ2n) is 11.4. The number of ether oxygens (including phenoxy) is 1. The minimum absolute atomic E-state index is 0.0136. The maximum Gasteiger partial charge on any atom is 0.337 e. The van der Waals surface area contributed by atoms with Gasteiger partial charge in [0.05, 0.1) is 12.7 Å². The van der Waals surface area contributed by atoms with E-state index >= 15 is 0 Å². The van der Waals surface area contributed by atoms with Gasteiger partial charge in [0.2, 0.25) is 0 Å². The highest BCUT2D eigenvalue weighted by Gasteiger charge is 2.34. The van der Waals surface area contributed by atoms with Crippen molar-refractivity contribution in [2.75, 3.05) is 12.4 Å². The second-order valence-corrected chi connectivity index (χ2v) is 11.4. The summed E-state index contributed by atoms with van der Waals surface area (Å²) >= 11 is 0.